The molecule has 0 aliphatic carbocycles. The van der Waals surface area contributed by atoms with E-state index in [1.165, 1.54) is 28.4 Å². The first-order chi connectivity index (χ1) is 23.4. The highest BCUT2D eigenvalue weighted by Gasteiger charge is 2.41. The second-order valence-corrected chi connectivity index (χ2v) is 14.3. The molecule has 4 aromatic rings. The number of aromatic nitrogens is 2. The van der Waals surface area contributed by atoms with E-state index in [-0.39, 0.29) is 13.1 Å². The van der Waals surface area contributed by atoms with Gasteiger partial charge in [-0.25, -0.2) is 9.97 Å². The van der Waals surface area contributed by atoms with Gasteiger partial charge in [0.25, 0.3) is 20.2 Å². The van der Waals surface area contributed by atoms with E-state index in [1.54, 1.807) is 58.6 Å². The Labute approximate surface area is 285 Å². The van der Waals surface area contributed by atoms with Crippen LogP contribution in [0, 0.1) is 0 Å². The summed E-state index contributed by atoms with van der Waals surface area (Å²) in [6.45, 7) is 0.513. The minimum absolute atomic E-state index is 0.257. The Bertz CT molecular complexity index is 1830. The minimum Gasteiger partial charge on any atom is -0.493 e. The highest BCUT2D eigenvalue weighted by Crippen LogP contribution is 2.40. The van der Waals surface area contributed by atoms with Crippen molar-refractivity contribution in [1.29, 1.82) is 0 Å². The lowest BCUT2D eigenvalue weighted by molar-refractivity contribution is 0.356. The summed E-state index contributed by atoms with van der Waals surface area (Å²) in [7, 11) is -3.18. The van der Waals surface area contributed by atoms with E-state index in [2.05, 4.69) is 9.97 Å². The van der Waals surface area contributed by atoms with Crippen LogP contribution in [0.4, 0.5) is 11.6 Å². The van der Waals surface area contributed by atoms with Crippen molar-refractivity contribution in [3.05, 3.63) is 73.1 Å². The molecule has 2 aromatic carbocycles. The molecule has 49 heavy (non-hydrogen) atoms. The maximum atomic E-state index is 12.4. The third-order valence-electron chi connectivity index (χ3n) is 8.32. The molecule has 1 aliphatic heterocycles. The normalized spacial score (nSPS) is 16.9. The predicted octanol–water partition coefficient (Wildman–Crippen LogP) is 4.07. The topological polar surface area (TPSA) is 178 Å². The molecule has 2 aromatic heterocycles. The Morgan fingerprint density at radius 1 is 0.633 bits per heavy atom. The number of nitrogens with zero attached hydrogens (tertiary/aromatic N) is 4. The van der Waals surface area contributed by atoms with Gasteiger partial charge in [-0.1, -0.05) is 24.3 Å². The zero-order valence-corrected chi connectivity index (χ0v) is 29.0. The molecule has 14 nitrogen and oxygen atoms in total. The lowest BCUT2D eigenvalue weighted by Gasteiger charge is -2.39. The Hall–Kier alpha value is -4.64. The SMILES string of the molecule is COc1cccc(-c2ccc(N3CCCN(c4ccc(-c5cccc(OC)c5OC)cn4)C(CS(=O)(=O)O)C3CS(=O)(=O)O)nc2)c1OC. The maximum Gasteiger partial charge on any atom is 0.266 e. The summed E-state index contributed by atoms with van der Waals surface area (Å²) in [5, 5.41) is 0. The number of pyridine rings is 2. The van der Waals surface area contributed by atoms with Crippen LogP contribution in [-0.4, -0.2) is 101 Å². The smallest absolute Gasteiger partial charge is 0.266 e. The first-order valence-electron chi connectivity index (χ1n) is 15.2. The van der Waals surface area contributed by atoms with E-state index in [1.807, 2.05) is 24.3 Å². The summed E-state index contributed by atoms with van der Waals surface area (Å²) >= 11 is 0. The summed E-state index contributed by atoms with van der Waals surface area (Å²) < 4.78 is 91.9. The fourth-order valence-electron chi connectivity index (χ4n) is 6.22. The van der Waals surface area contributed by atoms with Crippen LogP contribution in [0.2, 0.25) is 0 Å². The molecule has 262 valence electrons. The average molecular weight is 715 g/mol. The second-order valence-electron chi connectivity index (χ2n) is 11.3. The van der Waals surface area contributed by atoms with Crippen LogP contribution in [0.25, 0.3) is 22.3 Å². The number of ether oxygens (including phenoxy) is 4. The molecule has 0 spiro atoms. The number of methoxy groups -OCH3 is 4. The highest BCUT2D eigenvalue weighted by molar-refractivity contribution is 7.86. The van der Waals surface area contributed by atoms with Crippen molar-refractivity contribution < 1.29 is 44.9 Å². The van der Waals surface area contributed by atoms with Gasteiger partial charge in [0.05, 0.1) is 52.0 Å². The molecular weight excluding hydrogens is 677 g/mol. The van der Waals surface area contributed by atoms with Gasteiger partial charge in [0.2, 0.25) is 0 Å². The fraction of sp³-hybridized carbons (Fsp3) is 0.333. The van der Waals surface area contributed by atoms with Crippen LogP contribution in [0.3, 0.4) is 0 Å². The van der Waals surface area contributed by atoms with Crippen molar-refractivity contribution >= 4 is 31.9 Å². The summed E-state index contributed by atoms with van der Waals surface area (Å²) in [5.74, 6) is 1.08. The van der Waals surface area contributed by atoms with Crippen LogP contribution in [0.15, 0.2) is 73.1 Å². The van der Waals surface area contributed by atoms with Crippen LogP contribution in [0.5, 0.6) is 23.0 Å². The van der Waals surface area contributed by atoms with Crippen molar-refractivity contribution in [2.75, 3.05) is 62.8 Å². The molecule has 2 unspecified atom stereocenters. The minimum atomic E-state index is -4.65. The first kappa shape index (κ1) is 35.7. The zero-order valence-electron chi connectivity index (χ0n) is 27.4. The van der Waals surface area contributed by atoms with E-state index in [9.17, 15) is 25.9 Å². The van der Waals surface area contributed by atoms with Gasteiger partial charge in [-0.05, 0) is 42.8 Å². The Balaban J connectivity index is 1.55. The Morgan fingerprint density at radius 3 is 1.35 bits per heavy atom. The molecule has 1 aliphatic rings. The second kappa shape index (κ2) is 14.9. The van der Waals surface area contributed by atoms with Gasteiger partial charge in [0, 0.05) is 47.7 Å². The van der Waals surface area contributed by atoms with Gasteiger partial charge in [0.15, 0.2) is 23.0 Å². The van der Waals surface area contributed by atoms with Gasteiger partial charge in [-0.3, -0.25) is 9.11 Å². The molecule has 0 bridgehead atoms. The van der Waals surface area contributed by atoms with Crippen LogP contribution >= 0.6 is 0 Å². The number of anilines is 2. The van der Waals surface area contributed by atoms with E-state index < -0.39 is 43.8 Å². The van der Waals surface area contributed by atoms with Crippen LogP contribution in [0.1, 0.15) is 6.42 Å². The van der Waals surface area contributed by atoms with Gasteiger partial charge in [-0.15, -0.1) is 0 Å². The third kappa shape index (κ3) is 8.16. The van der Waals surface area contributed by atoms with Gasteiger partial charge >= 0.3 is 0 Å². The molecule has 0 amide bonds. The van der Waals surface area contributed by atoms with Crippen molar-refractivity contribution in [1.82, 2.24) is 9.97 Å². The Morgan fingerprint density at radius 2 is 1.04 bits per heavy atom. The molecule has 5 rings (SSSR count). The summed E-state index contributed by atoms with van der Waals surface area (Å²) in [5.41, 5.74) is 2.80. The molecule has 2 atom stereocenters. The zero-order chi connectivity index (χ0) is 35.3. The average Bonchev–Trinajstić information content (AvgIpc) is 3.24. The van der Waals surface area contributed by atoms with Crippen molar-refractivity contribution in [3.8, 4) is 45.3 Å². The van der Waals surface area contributed by atoms with Crippen molar-refractivity contribution in [2.45, 2.75) is 18.5 Å². The molecule has 3 heterocycles. The van der Waals surface area contributed by atoms with E-state index in [4.69, 9.17) is 18.9 Å². The van der Waals surface area contributed by atoms with Gasteiger partial charge < -0.3 is 28.7 Å². The van der Waals surface area contributed by atoms with Crippen molar-refractivity contribution in [3.63, 3.8) is 0 Å². The molecule has 0 saturated carbocycles. The largest absolute Gasteiger partial charge is 0.493 e. The summed E-state index contributed by atoms with van der Waals surface area (Å²) in [6.07, 6.45) is 3.61. The summed E-state index contributed by atoms with van der Waals surface area (Å²) in [4.78, 5) is 12.5. The monoisotopic (exact) mass is 714 g/mol. The molecular formula is C33H38N4O10S2. The van der Waals surface area contributed by atoms with Crippen molar-refractivity contribution in [2.24, 2.45) is 0 Å². The quantitative estimate of drug-likeness (QED) is 0.201. The molecule has 1 fully saturated rings. The molecule has 16 heteroatoms. The Kier molecular flexibility index (Phi) is 10.8. The number of para-hydroxylation sites is 2. The van der Waals surface area contributed by atoms with Crippen LogP contribution in [-0.2, 0) is 20.2 Å². The van der Waals surface area contributed by atoms with Gasteiger partial charge in [0.1, 0.15) is 11.6 Å². The molecule has 0 radical (unpaired) electrons. The highest BCUT2D eigenvalue weighted by atomic mass is 32.2. The maximum absolute atomic E-state index is 12.4. The standard InChI is InChI=1S/C33H38N4O10S2/c1-44-28-10-5-8-24(32(28)46-3)22-12-14-30(34-18-22)36-16-7-17-37(27(21-49(41,42)43)26(36)20-48(38,39)40)31-15-13-23(19-35-31)25-9-6-11-29(45-2)33(25)47-4/h5-6,8-15,18-19,26-27H,7,16-17,20-21H2,1-4H3,(H,38,39,40)(H,41,42,43). The first-order valence-corrected chi connectivity index (χ1v) is 18.4. The number of benzene rings is 2. The molecule has 1 saturated heterocycles. The number of rotatable bonds is 12. The van der Waals surface area contributed by atoms with E-state index >= 15 is 0 Å². The number of hydrogen-bond acceptors (Lipinski definition) is 12. The predicted molar refractivity (Wildman–Crippen MR) is 185 cm³/mol. The summed E-state index contributed by atoms with van der Waals surface area (Å²) in [6, 6.07) is 15.4. The molecule has 2 N–H and O–H groups in total. The van der Waals surface area contributed by atoms with E-state index in [0.29, 0.717) is 63.3 Å². The lowest BCUT2D eigenvalue weighted by Crippen LogP contribution is -2.56. The number of hydrogen-bond donors (Lipinski definition) is 2. The lowest BCUT2D eigenvalue weighted by atomic mass is 10.0. The third-order valence-corrected chi connectivity index (χ3v) is 9.84. The van der Waals surface area contributed by atoms with E-state index in [0.717, 1.165) is 0 Å². The fourth-order valence-corrected chi connectivity index (χ4v) is 7.89. The van der Waals surface area contributed by atoms with Gasteiger partial charge in [-0.2, -0.15) is 16.8 Å². The van der Waals surface area contributed by atoms with Crippen LogP contribution < -0.4 is 28.7 Å².